The van der Waals surface area contributed by atoms with Crippen LogP contribution in [0, 0.1) is 5.92 Å². The van der Waals surface area contributed by atoms with Crippen molar-refractivity contribution < 1.29 is 9.53 Å². The van der Waals surface area contributed by atoms with Crippen LogP contribution >= 0.6 is 11.3 Å². The Morgan fingerprint density at radius 3 is 3.00 bits per heavy atom. The maximum atomic E-state index is 12.9. The summed E-state index contributed by atoms with van der Waals surface area (Å²) in [6, 6.07) is 0. The third-order valence-electron chi connectivity index (χ3n) is 5.43. The van der Waals surface area contributed by atoms with Gasteiger partial charge in [0.2, 0.25) is 0 Å². The molecule has 0 aliphatic heterocycles. The Balaban J connectivity index is 1.54. The van der Waals surface area contributed by atoms with Gasteiger partial charge < -0.3 is 4.74 Å². The number of aryl methyl sites for hydroxylation is 2. The standard InChI is InChI=1S/C19H24N2O3S/c1-12-5-4-6-13(9-12)24-16(22)10-21-11-20-18-17(19(21)23)14-7-2-3-8-15(14)25-18/h11-13H,2-10H2,1H3/t12-,13+/m0/s1. The zero-order chi connectivity index (χ0) is 17.4. The largest absolute Gasteiger partial charge is 0.461 e. The van der Waals surface area contributed by atoms with Crippen LogP contribution in [0.1, 0.15) is 55.9 Å². The summed E-state index contributed by atoms with van der Waals surface area (Å²) in [7, 11) is 0. The van der Waals surface area contributed by atoms with E-state index in [0.717, 1.165) is 54.3 Å². The fraction of sp³-hybridized carbons (Fsp3) is 0.632. The first-order chi connectivity index (χ1) is 12.1. The van der Waals surface area contributed by atoms with Gasteiger partial charge in [-0.15, -0.1) is 11.3 Å². The number of ether oxygens (including phenoxy) is 1. The first-order valence-corrected chi connectivity index (χ1v) is 10.1. The molecule has 2 aliphatic carbocycles. The second kappa shape index (κ2) is 6.90. The summed E-state index contributed by atoms with van der Waals surface area (Å²) < 4.78 is 7.02. The van der Waals surface area contributed by atoms with Crippen LogP contribution in [0.15, 0.2) is 11.1 Å². The Morgan fingerprint density at radius 2 is 2.16 bits per heavy atom. The number of aromatic nitrogens is 2. The zero-order valence-corrected chi connectivity index (χ0v) is 15.4. The maximum Gasteiger partial charge on any atom is 0.326 e. The van der Waals surface area contributed by atoms with E-state index in [-0.39, 0.29) is 24.2 Å². The minimum Gasteiger partial charge on any atom is -0.461 e. The van der Waals surface area contributed by atoms with E-state index in [9.17, 15) is 9.59 Å². The summed E-state index contributed by atoms with van der Waals surface area (Å²) in [5.41, 5.74) is 1.06. The lowest BCUT2D eigenvalue weighted by molar-refractivity contribution is -0.152. The number of carbonyl (C=O) groups excluding carboxylic acids is 1. The van der Waals surface area contributed by atoms with Crippen molar-refractivity contribution >= 4 is 27.5 Å². The highest BCUT2D eigenvalue weighted by atomic mass is 32.1. The molecule has 0 aromatic carbocycles. The van der Waals surface area contributed by atoms with Gasteiger partial charge in [0, 0.05) is 4.88 Å². The number of hydrogen-bond acceptors (Lipinski definition) is 5. The van der Waals surface area contributed by atoms with E-state index >= 15 is 0 Å². The molecule has 2 aromatic rings. The number of carbonyl (C=O) groups is 1. The molecule has 2 heterocycles. The van der Waals surface area contributed by atoms with Crippen molar-refractivity contribution in [3.8, 4) is 0 Å². The van der Waals surface area contributed by atoms with Gasteiger partial charge in [0.15, 0.2) is 0 Å². The first-order valence-electron chi connectivity index (χ1n) is 9.31. The molecule has 1 saturated carbocycles. The molecule has 0 saturated heterocycles. The van der Waals surface area contributed by atoms with Gasteiger partial charge in [-0.1, -0.05) is 13.3 Å². The minimum absolute atomic E-state index is 0.00227. The van der Waals surface area contributed by atoms with Crippen LogP contribution in [0.5, 0.6) is 0 Å². The van der Waals surface area contributed by atoms with Crippen LogP contribution in [0.4, 0.5) is 0 Å². The highest BCUT2D eigenvalue weighted by molar-refractivity contribution is 7.18. The number of rotatable bonds is 3. The van der Waals surface area contributed by atoms with Gasteiger partial charge >= 0.3 is 5.97 Å². The molecule has 134 valence electrons. The highest BCUT2D eigenvalue weighted by Crippen LogP contribution is 2.33. The van der Waals surface area contributed by atoms with Gasteiger partial charge in [-0.2, -0.15) is 0 Å². The van der Waals surface area contributed by atoms with Gasteiger partial charge in [0.1, 0.15) is 17.5 Å². The van der Waals surface area contributed by atoms with Crippen LogP contribution in [-0.4, -0.2) is 21.6 Å². The lowest BCUT2D eigenvalue weighted by atomic mass is 9.89. The van der Waals surface area contributed by atoms with Gasteiger partial charge in [0.05, 0.1) is 11.7 Å². The van der Waals surface area contributed by atoms with Crippen molar-refractivity contribution in [1.29, 1.82) is 0 Å². The fourth-order valence-electron chi connectivity index (χ4n) is 4.14. The van der Waals surface area contributed by atoms with E-state index in [1.165, 1.54) is 28.6 Å². The smallest absolute Gasteiger partial charge is 0.326 e. The minimum atomic E-state index is -0.327. The topological polar surface area (TPSA) is 61.2 Å². The molecular weight excluding hydrogens is 336 g/mol. The molecule has 0 radical (unpaired) electrons. The Labute approximate surface area is 151 Å². The number of fused-ring (bicyclic) bond motifs is 3. The summed E-state index contributed by atoms with van der Waals surface area (Å²) in [6.07, 6.45) is 9.95. The molecule has 5 nitrogen and oxygen atoms in total. The first kappa shape index (κ1) is 16.8. The number of nitrogens with zero attached hydrogens (tertiary/aromatic N) is 2. The molecule has 2 aromatic heterocycles. The average Bonchev–Trinajstić information content (AvgIpc) is 2.96. The molecule has 25 heavy (non-hydrogen) atoms. The van der Waals surface area contributed by atoms with Crippen molar-refractivity contribution in [2.45, 2.75) is 70.9 Å². The summed E-state index contributed by atoms with van der Waals surface area (Å²) in [5.74, 6) is 0.274. The number of thiophene rings is 1. The van der Waals surface area contributed by atoms with Gasteiger partial charge in [-0.25, -0.2) is 4.98 Å². The fourth-order valence-corrected chi connectivity index (χ4v) is 5.36. The lowest BCUT2D eigenvalue weighted by Gasteiger charge is -2.26. The second-order valence-corrected chi connectivity index (χ2v) is 8.54. The molecule has 4 rings (SSSR count). The predicted molar refractivity (Wildman–Crippen MR) is 98.0 cm³/mol. The molecule has 0 amide bonds. The van der Waals surface area contributed by atoms with Crippen LogP contribution in [0.3, 0.4) is 0 Å². The quantitative estimate of drug-likeness (QED) is 0.787. The normalized spacial score (nSPS) is 23.4. The van der Waals surface area contributed by atoms with Crippen LogP contribution in [0.2, 0.25) is 0 Å². The summed E-state index contributed by atoms with van der Waals surface area (Å²) in [4.78, 5) is 31.7. The Morgan fingerprint density at radius 1 is 1.32 bits per heavy atom. The second-order valence-electron chi connectivity index (χ2n) is 7.45. The van der Waals surface area contributed by atoms with E-state index in [4.69, 9.17) is 4.74 Å². The zero-order valence-electron chi connectivity index (χ0n) is 14.6. The van der Waals surface area contributed by atoms with Crippen molar-refractivity contribution in [2.75, 3.05) is 0 Å². The molecule has 1 fully saturated rings. The summed E-state index contributed by atoms with van der Waals surface area (Å²) in [6.45, 7) is 2.15. The molecule has 6 heteroatoms. The Kier molecular flexibility index (Phi) is 4.63. The Hall–Kier alpha value is -1.69. The SMILES string of the molecule is C[C@H]1CCC[C@@H](OC(=O)Cn2cnc3sc4c(c3c2=O)CCCC4)C1. The van der Waals surface area contributed by atoms with Crippen molar-refractivity contribution in [1.82, 2.24) is 9.55 Å². The van der Waals surface area contributed by atoms with Gasteiger partial charge in [0.25, 0.3) is 5.56 Å². The molecule has 0 spiro atoms. The van der Waals surface area contributed by atoms with Crippen LogP contribution in [0.25, 0.3) is 10.2 Å². The lowest BCUT2D eigenvalue weighted by Crippen LogP contribution is -2.30. The van der Waals surface area contributed by atoms with Crippen molar-refractivity contribution in [2.24, 2.45) is 5.92 Å². The van der Waals surface area contributed by atoms with Gasteiger partial charge in [-0.3, -0.25) is 14.2 Å². The molecule has 2 aliphatic rings. The van der Waals surface area contributed by atoms with E-state index in [1.807, 2.05) is 0 Å². The third kappa shape index (κ3) is 3.36. The van der Waals surface area contributed by atoms with Crippen molar-refractivity contribution in [3.05, 3.63) is 27.1 Å². The highest BCUT2D eigenvalue weighted by Gasteiger charge is 2.24. The van der Waals surface area contributed by atoms with Crippen LogP contribution in [-0.2, 0) is 28.9 Å². The van der Waals surface area contributed by atoms with E-state index < -0.39 is 0 Å². The molecule has 0 N–H and O–H groups in total. The van der Waals surface area contributed by atoms with E-state index in [0.29, 0.717) is 5.92 Å². The molecule has 2 atom stereocenters. The average molecular weight is 360 g/mol. The molecular formula is C19H24N2O3S. The number of esters is 1. The Bertz CT molecular complexity index is 854. The van der Waals surface area contributed by atoms with Gasteiger partial charge in [-0.05, 0) is 56.4 Å². The molecule has 0 unspecified atom stereocenters. The molecule has 0 bridgehead atoms. The van der Waals surface area contributed by atoms with E-state index in [1.54, 1.807) is 11.3 Å². The monoisotopic (exact) mass is 360 g/mol. The summed E-state index contributed by atoms with van der Waals surface area (Å²) >= 11 is 1.63. The maximum absolute atomic E-state index is 12.9. The van der Waals surface area contributed by atoms with Crippen LogP contribution < -0.4 is 5.56 Å². The number of hydrogen-bond donors (Lipinski definition) is 0. The third-order valence-corrected chi connectivity index (χ3v) is 6.63. The predicted octanol–water partition coefficient (Wildman–Crippen LogP) is 3.46. The van der Waals surface area contributed by atoms with Crippen molar-refractivity contribution in [3.63, 3.8) is 0 Å². The summed E-state index contributed by atoms with van der Waals surface area (Å²) in [5, 5.41) is 0.723. The van der Waals surface area contributed by atoms with E-state index in [2.05, 4.69) is 11.9 Å².